The van der Waals surface area contributed by atoms with Gasteiger partial charge in [-0.1, -0.05) is 48.6 Å². The molecule has 4 aromatic heterocycles. The smallest absolute Gasteiger partial charge is 0.263 e. The first-order chi connectivity index (χ1) is 19.4. The van der Waals surface area contributed by atoms with Crippen molar-refractivity contribution in [2.24, 2.45) is 7.05 Å². The van der Waals surface area contributed by atoms with Gasteiger partial charge in [-0.3, -0.25) is 18.8 Å². The molecule has 10 heteroatoms. The molecule has 0 bridgehead atoms. The van der Waals surface area contributed by atoms with E-state index in [9.17, 15) is 9.59 Å². The highest BCUT2D eigenvalue weighted by Crippen LogP contribution is 2.25. The maximum absolute atomic E-state index is 14.2. The molecule has 0 aliphatic rings. The molecule has 0 fully saturated rings. The highest BCUT2D eigenvalue weighted by atomic mass is 16.2. The highest BCUT2D eigenvalue weighted by molar-refractivity contribution is 6.04. The lowest BCUT2D eigenvalue weighted by atomic mass is 10.0. The Hall–Kier alpha value is -5.51. The third-order valence-electron chi connectivity index (χ3n) is 6.74. The fraction of sp³-hybridized carbons (Fsp3) is 0.100. The quantitative estimate of drug-likeness (QED) is 0.335. The predicted molar refractivity (Wildman–Crippen MR) is 155 cm³/mol. The standard InChI is InChI=1S/C30H26N8O2/c1-19(34-29(39)26-27(31)35-37-15-7-14-32-28(26)37)24-16-22-9-6-8-21(13-12-20-17-33-36(2)18-20)25(22)30(40)38(24)23-10-4-3-5-11-23/h3-19H,1-2H3,(H2,31,35)(H,34,39)/t19-/m0/s1. The second-order valence-electron chi connectivity index (χ2n) is 9.48. The molecule has 2 aromatic carbocycles. The number of aromatic nitrogens is 6. The second kappa shape index (κ2) is 9.99. The van der Waals surface area contributed by atoms with Gasteiger partial charge in [0, 0.05) is 42.6 Å². The first-order valence-corrected chi connectivity index (χ1v) is 12.7. The Morgan fingerprint density at radius 3 is 2.67 bits per heavy atom. The number of nitrogen functional groups attached to an aromatic ring is 1. The van der Waals surface area contributed by atoms with Crippen molar-refractivity contribution in [3.63, 3.8) is 0 Å². The van der Waals surface area contributed by atoms with Gasteiger partial charge in [-0.25, -0.2) is 9.50 Å². The van der Waals surface area contributed by atoms with Crippen LogP contribution in [0.3, 0.4) is 0 Å². The van der Waals surface area contributed by atoms with Gasteiger partial charge in [-0.05, 0) is 42.1 Å². The van der Waals surface area contributed by atoms with E-state index in [0.29, 0.717) is 22.4 Å². The predicted octanol–water partition coefficient (Wildman–Crippen LogP) is 4.01. The lowest BCUT2D eigenvalue weighted by Gasteiger charge is -2.21. The average molecular weight is 531 g/mol. The van der Waals surface area contributed by atoms with E-state index in [1.807, 2.05) is 86.9 Å². The summed E-state index contributed by atoms with van der Waals surface area (Å²) in [6, 6.07) is 18.2. The maximum atomic E-state index is 14.2. The number of fused-ring (bicyclic) bond motifs is 2. The van der Waals surface area contributed by atoms with Gasteiger partial charge in [0.05, 0.1) is 17.6 Å². The fourth-order valence-corrected chi connectivity index (χ4v) is 4.89. The minimum Gasteiger partial charge on any atom is -0.381 e. The molecule has 6 aromatic rings. The molecule has 198 valence electrons. The second-order valence-corrected chi connectivity index (χ2v) is 9.48. The van der Waals surface area contributed by atoms with Crippen LogP contribution in [-0.4, -0.2) is 34.9 Å². The first kappa shape index (κ1) is 24.8. The van der Waals surface area contributed by atoms with E-state index in [0.717, 1.165) is 16.5 Å². The number of hydrogen-bond acceptors (Lipinski definition) is 6. The fourth-order valence-electron chi connectivity index (χ4n) is 4.89. The largest absolute Gasteiger partial charge is 0.381 e. The Morgan fingerprint density at radius 2 is 1.90 bits per heavy atom. The number of nitrogens with zero attached hydrogens (tertiary/aromatic N) is 6. The van der Waals surface area contributed by atoms with Gasteiger partial charge in [-0.15, -0.1) is 5.10 Å². The van der Waals surface area contributed by atoms with Crippen molar-refractivity contribution < 1.29 is 4.79 Å². The molecule has 10 nitrogen and oxygen atoms in total. The number of carbonyl (C=O) groups is 1. The molecule has 0 radical (unpaired) electrons. The SMILES string of the molecule is C[C@H](NC(=O)c1c(N)nn2cccnc12)c1cc2cccc(C=Cc3cnn(C)c3)c2c(=O)n1-c1ccccc1. The zero-order valence-electron chi connectivity index (χ0n) is 21.9. The Balaban J connectivity index is 1.46. The Bertz CT molecular complexity index is 1970. The van der Waals surface area contributed by atoms with Crippen LogP contribution in [0.25, 0.3) is 34.3 Å². The third-order valence-corrected chi connectivity index (χ3v) is 6.74. The highest BCUT2D eigenvalue weighted by Gasteiger charge is 2.23. The lowest BCUT2D eigenvalue weighted by Crippen LogP contribution is -2.32. The van der Waals surface area contributed by atoms with Crippen molar-refractivity contribution in [3.8, 4) is 5.69 Å². The molecular formula is C30H26N8O2. The van der Waals surface area contributed by atoms with Gasteiger partial charge in [0.1, 0.15) is 5.56 Å². The van der Waals surface area contributed by atoms with Crippen LogP contribution < -0.4 is 16.6 Å². The van der Waals surface area contributed by atoms with Gasteiger partial charge in [-0.2, -0.15) is 5.10 Å². The Labute approximate surface area is 229 Å². The molecule has 1 amide bonds. The molecule has 0 saturated heterocycles. The minimum absolute atomic E-state index is 0.0763. The number of nitrogens with one attached hydrogen (secondary N) is 1. The van der Waals surface area contributed by atoms with Crippen LogP contribution in [0.2, 0.25) is 0 Å². The summed E-state index contributed by atoms with van der Waals surface area (Å²) in [6.07, 6.45) is 10.8. The molecule has 6 rings (SSSR count). The van der Waals surface area contributed by atoms with Crippen molar-refractivity contribution in [2.75, 3.05) is 5.73 Å². The number of hydrogen-bond donors (Lipinski definition) is 2. The summed E-state index contributed by atoms with van der Waals surface area (Å²) >= 11 is 0. The van der Waals surface area contributed by atoms with E-state index >= 15 is 0 Å². The normalized spacial score (nSPS) is 12.3. The number of pyridine rings is 1. The summed E-state index contributed by atoms with van der Waals surface area (Å²) in [5.74, 6) is -0.355. The summed E-state index contributed by atoms with van der Waals surface area (Å²) in [5, 5.41) is 12.7. The van der Waals surface area contributed by atoms with Crippen LogP contribution in [0.1, 0.15) is 40.1 Å². The number of para-hydroxylation sites is 1. The van der Waals surface area contributed by atoms with E-state index in [1.165, 1.54) is 4.52 Å². The third kappa shape index (κ3) is 4.41. The Kier molecular flexibility index (Phi) is 6.19. The van der Waals surface area contributed by atoms with Crippen LogP contribution >= 0.6 is 0 Å². The molecule has 0 aliphatic carbocycles. The zero-order valence-corrected chi connectivity index (χ0v) is 21.9. The van der Waals surface area contributed by atoms with Gasteiger partial charge < -0.3 is 11.1 Å². The number of benzene rings is 2. The van der Waals surface area contributed by atoms with Gasteiger partial charge in [0.2, 0.25) is 0 Å². The summed E-state index contributed by atoms with van der Waals surface area (Å²) in [6.45, 7) is 1.83. The summed E-state index contributed by atoms with van der Waals surface area (Å²) in [7, 11) is 1.86. The van der Waals surface area contributed by atoms with Crippen molar-refractivity contribution in [1.29, 1.82) is 0 Å². The van der Waals surface area contributed by atoms with Gasteiger partial charge >= 0.3 is 0 Å². The van der Waals surface area contributed by atoms with Crippen LogP contribution in [0.5, 0.6) is 0 Å². The van der Waals surface area contributed by atoms with Crippen LogP contribution in [0.4, 0.5) is 5.82 Å². The van der Waals surface area contributed by atoms with Gasteiger partial charge in [0.25, 0.3) is 11.5 Å². The molecule has 3 N–H and O–H groups in total. The number of rotatable bonds is 6. The topological polar surface area (TPSA) is 125 Å². The van der Waals surface area contributed by atoms with Crippen LogP contribution in [-0.2, 0) is 7.05 Å². The zero-order chi connectivity index (χ0) is 27.8. The number of nitrogens with two attached hydrogens (primary N) is 1. The lowest BCUT2D eigenvalue weighted by molar-refractivity contribution is 0.0941. The number of anilines is 1. The Morgan fingerprint density at radius 1 is 1.07 bits per heavy atom. The molecule has 0 unspecified atom stereocenters. The molecular weight excluding hydrogens is 504 g/mol. The van der Waals surface area contributed by atoms with Gasteiger partial charge in [0.15, 0.2) is 11.5 Å². The molecule has 0 spiro atoms. The van der Waals surface area contributed by atoms with E-state index < -0.39 is 11.9 Å². The summed E-state index contributed by atoms with van der Waals surface area (Å²) in [4.78, 5) is 31.9. The monoisotopic (exact) mass is 530 g/mol. The number of carbonyl (C=O) groups excluding carboxylic acids is 1. The molecule has 0 saturated carbocycles. The van der Waals surface area contributed by atoms with Crippen molar-refractivity contribution in [1.82, 2.24) is 34.3 Å². The van der Waals surface area contributed by atoms with Crippen molar-refractivity contribution in [3.05, 3.63) is 118 Å². The van der Waals surface area contributed by atoms with Crippen molar-refractivity contribution in [2.45, 2.75) is 13.0 Å². The van der Waals surface area contributed by atoms with E-state index in [1.54, 1.807) is 33.9 Å². The summed E-state index contributed by atoms with van der Waals surface area (Å²) < 4.78 is 4.83. The average Bonchev–Trinajstić information content (AvgIpc) is 3.53. The molecule has 1 atom stereocenters. The van der Waals surface area contributed by atoms with Crippen LogP contribution in [0, 0.1) is 0 Å². The molecule has 0 aliphatic heterocycles. The minimum atomic E-state index is -0.558. The van der Waals surface area contributed by atoms with E-state index in [-0.39, 0.29) is 16.9 Å². The van der Waals surface area contributed by atoms with Crippen LogP contribution in [0.15, 0.2) is 90.2 Å². The maximum Gasteiger partial charge on any atom is 0.263 e. The summed E-state index contributed by atoms with van der Waals surface area (Å²) in [5.41, 5.74) is 9.44. The van der Waals surface area contributed by atoms with E-state index in [2.05, 4.69) is 20.5 Å². The molecule has 4 heterocycles. The number of amides is 1. The van der Waals surface area contributed by atoms with E-state index in [4.69, 9.17) is 5.73 Å². The molecule has 40 heavy (non-hydrogen) atoms. The first-order valence-electron chi connectivity index (χ1n) is 12.7. The number of aryl methyl sites for hydroxylation is 1. The van der Waals surface area contributed by atoms with Crippen molar-refractivity contribution >= 4 is 40.3 Å².